The second kappa shape index (κ2) is 14.0. The summed E-state index contributed by atoms with van der Waals surface area (Å²) in [4.78, 5) is 18.7. The average molecular weight is 665 g/mol. The molecule has 0 saturated heterocycles. The van der Waals surface area contributed by atoms with Crippen LogP contribution in [-0.2, 0) is 11.4 Å². The van der Waals surface area contributed by atoms with Gasteiger partial charge in [0.15, 0.2) is 11.5 Å². The second-order valence-electron chi connectivity index (χ2n) is 9.79. The van der Waals surface area contributed by atoms with Gasteiger partial charge in [-0.25, -0.2) is 4.68 Å². The number of para-hydroxylation sites is 2. The van der Waals surface area contributed by atoms with Crippen molar-refractivity contribution in [3.63, 3.8) is 0 Å². The van der Waals surface area contributed by atoms with Gasteiger partial charge in [0.1, 0.15) is 18.4 Å². The van der Waals surface area contributed by atoms with E-state index in [9.17, 15) is 4.79 Å². The van der Waals surface area contributed by atoms with E-state index in [1.165, 1.54) is 0 Å². The van der Waals surface area contributed by atoms with E-state index in [-0.39, 0.29) is 5.91 Å². The number of nitrogens with one attached hydrogen (secondary N) is 2. The molecule has 43 heavy (non-hydrogen) atoms. The average Bonchev–Trinajstić information content (AvgIpc) is 3.41. The number of anilines is 2. The Kier molecular flexibility index (Phi) is 9.93. The number of nitrogens with zero attached hydrogens (tertiary/aromatic N) is 3. The summed E-state index contributed by atoms with van der Waals surface area (Å²) in [5.74, 6) is 2.93. The van der Waals surface area contributed by atoms with E-state index in [2.05, 4.69) is 33.5 Å². The molecule has 5 rings (SSSR count). The van der Waals surface area contributed by atoms with Crippen LogP contribution in [0.25, 0.3) is 0 Å². The Morgan fingerprint density at radius 1 is 1.05 bits per heavy atom. The van der Waals surface area contributed by atoms with Gasteiger partial charge in [-0.15, -0.1) is 5.10 Å². The zero-order valence-electron chi connectivity index (χ0n) is 24.5. The molecule has 2 N–H and O–H groups in total. The summed E-state index contributed by atoms with van der Waals surface area (Å²) in [7, 11) is 1.60. The van der Waals surface area contributed by atoms with Crippen molar-refractivity contribution in [2.45, 2.75) is 45.0 Å². The van der Waals surface area contributed by atoms with Gasteiger partial charge in [0.05, 0.1) is 25.0 Å². The number of hydrogen-bond acceptors (Lipinski definition) is 8. The van der Waals surface area contributed by atoms with Crippen LogP contribution in [0.1, 0.15) is 44.4 Å². The van der Waals surface area contributed by atoms with Crippen molar-refractivity contribution in [2.75, 3.05) is 30.1 Å². The molecule has 1 aliphatic heterocycles. The van der Waals surface area contributed by atoms with E-state index in [1.54, 1.807) is 23.6 Å². The minimum Gasteiger partial charge on any atom is -0.493 e. The van der Waals surface area contributed by atoms with Crippen molar-refractivity contribution in [3.8, 4) is 17.2 Å². The van der Waals surface area contributed by atoms with Crippen molar-refractivity contribution in [3.05, 3.63) is 93.6 Å². The Bertz CT molecular complexity index is 1640. The van der Waals surface area contributed by atoms with E-state index in [1.807, 2.05) is 80.6 Å². The van der Waals surface area contributed by atoms with Crippen LogP contribution in [0, 0.1) is 0 Å². The summed E-state index contributed by atoms with van der Waals surface area (Å²) in [6.07, 6.45) is 0.994. The zero-order chi connectivity index (χ0) is 30.3. The fourth-order valence-corrected chi connectivity index (χ4v) is 5.92. The maximum atomic E-state index is 14.0. The molecule has 0 bridgehead atoms. The molecule has 4 aromatic rings. The number of carbonyl (C=O) groups is 1. The Hall–Kier alpha value is -3.96. The summed E-state index contributed by atoms with van der Waals surface area (Å²) >= 11 is 5.09. The van der Waals surface area contributed by atoms with Crippen LogP contribution in [0.2, 0.25) is 0 Å². The van der Waals surface area contributed by atoms with Crippen molar-refractivity contribution in [2.24, 2.45) is 0 Å². The number of halogens is 1. The fraction of sp³-hybridized carbons (Fsp3) is 0.281. The van der Waals surface area contributed by atoms with Gasteiger partial charge < -0.3 is 24.8 Å². The SMILES string of the molecule is CCCSc1nc2n(n1)C(c1ccc(OCc3cccc(Br)c3)c(OC)c1)C(C(=O)Nc1ccccc1OCC)=C(C)N2. The normalized spacial score (nSPS) is 14.1. The summed E-state index contributed by atoms with van der Waals surface area (Å²) in [5, 5.41) is 11.8. The molecule has 9 nitrogen and oxygen atoms in total. The molecule has 1 atom stereocenters. The lowest BCUT2D eigenvalue weighted by Gasteiger charge is -2.29. The highest BCUT2D eigenvalue weighted by atomic mass is 79.9. The Balaban J connectivity index is 1.51. The molecule has 1 unspecified atom stereocenters. The number of methoxy groups -OCH3 is 1. The highest BCUT2D eigenvalue weighted by Gasteiger charge is 2.35. The number of benzene rings is 3. The molecule has 2 heterocycles. The first-order valence-electron chi connectivity index (χ1n) is 14.1. The van der Waals surface area contributed by atoms with Gasteiger partial charge in [0.2, 0.25) is 11.1 Å². The predicted molar refractivity (Wildman–Crippen MR) is 173 cm³/mol. The summed E-state index contributed by atoms with van der Waals surface area (Å²) in [6, 6.07) is 20.5. The van der Waals surface area contributed by atoms with Gasteiger partial charge in [-0.05, 0) is 67.8 Å². The first kappa shape index (κ1) is 30.5. The third kappa shape index (κ3) is 7.00. The van der Waals surface area contributed by atoms with Crippen molar-refractivity contribution in [1.82, 2.24) is 14.8 Å². The monoisotopic (exact) mass is 663 g/mol. The second-order valence-corrected chi connectivity index (χ2v) is 11.8. The minimum absolute atomic E-state index is 0.278. The first-order valence-corrected chi connectivity index (χ1v) is 15.8. The molecule has 0 aliphatic carbocycles. The lowest BCUT2D eigenvalue weighted by Crippen LogP contribution is -2.31. The van der Waals surface area contributed by atoms with E-state index >= 15 is 0 Å². The number of aromatic nitrogens is 3. The Morgan fingerprint density at radius 3 is 2.65 bits per heavy atom. The minimum atomic E-state index is -0.577. The zero-order valence-corrected chi connectivity index (χ0v) is 26.9. The van der Waals surface area contributed by atoms with E-state index in [4.69, 9.17) is 24.3 Å². The number of hydrogen-bond donors (Lipinski definition) is 2. The van der Waals surface area contributed by atoms with Crippen molar-refractivity contribution < 1.29 is 19.0 Å². The standard InChI is InChI=1S/C32H34BrN5O4S/c1-5-16-43-32-36-31-34-20(3)28(30(39)35-24-12-7-8-13-25(24)41-6-2)29(38(31)37-32)22-14-15-26(27(18-22)40-4)42-19-21-10-9-11-23(33)17-21/h7-15,17-18,29H,5-6,16,19H2,1-4H3,(H,35,39)(H,34,36,37). The lowest BCUT2D eigenvalue weighted by molar-refractivity contribution is -0.113. The molecule has 3 aromatic carbocycles. The number of amides is 1. The van der Waals surface area contributed by atoms with E-state index < -0.39 is 6.04 Å². The van der Waals surface area contributed by atoms with Gasteiger partial charge in [-0.2, -0.15) is 4.98 Å². The van der Waals surface area contributed by atoms with Crippen LogP contribution in [0.4, 0.5) is 11.6 Å². The maximum absolute atomic E-state index is 14.0. The molecular formula is C32H34BrN5O4S. The number of thioether (sulfide) groups is 1. The highest BCUT2D eigenvalue weighted by Crippen LogP contribution is 2.40. The molecule has 11 heteroatoms. The third-order valence-electron chi connectivity index (χ3n) is 6.73. The van der Waals surface area contributed by atoms with E-state index in [0.717, 1.165) is 27.8 Å². The van der Waals surface area contributed by atoms with Crippen molar-refractivity contribution >= 4 is 45.2 Å². The van der Waals surface area contributed by atoms with Crippen LogP contribution in [-0.4, -0.2) is 40.1 Å². The molecule has 1 amide bonds. The Labute approximate surface area is 264 Å². The largest absolute Gasteiger partial charge is 0.493 e. The lowest BCUT2D eigenvalue weighted by atomic mass is 9.94. The van der Waals surface area contributed by atoms with Gasteiger partial charge in [0.25, 0.3) is 5.91 Å². The molecule has 1 aliphatic rings. The maximum Gasteiger partial charge on any atom is 0.255 e. The van der Waals surface area contributed by atoms with Crippen LogP contribution in [0.5, 0.6) is 17.2 Å². The first-order chi connectivity index (χ1) is 20.9. The molecule has 0 fully saturated rings. The summed E-state index contributed by atoms with van der Waals surface area (Å²) in [6.45, 7) is 6.76. The van der Waals surface area contributed by atoms with E-state index in [0.29, 0.717) is 58.5 Å². The number of carbonyl (C=O) groups excluding carboxylic acids is 1. The van der Waals surface area contributed by atoms with Crippen LogP contribution in [0.15, 0.2) is 87.6 Å². The van der Waals surface area contributed by atoms with Gasteiger partial charge in [0, 0.05) is 15.9 Å². The number of rotatable bonds is 12. The summed E-state index contributed by atoms with van der Waals surface area (Å²) < 4.78 is 20.4. The smallest absolute Gasteiger partial charge is 0.255 e. The number of ether oxygens (including phenoxy) is 3. The third-order valence-corrected chi connectivity index (χ3v) is 8.27. The quantitative estimate of drug-likeness (QED) is 0.151. The van der Waals surface area contributed by atoms with Crippen LogP contribution in [0.3, 0.4) is 0 Å². The molecule has 1 aromatic heterocycles. The molecular weight excluding hydrogens is 630 g/mol. The highest BCUT2D eigenvalue weighted by molar-refractivity contribution is 9.10. The van der Waals surface area contributed by atoms with Crippen LogP contribution < -0.4 is 24.8 Å². The molecule has 0 spiro atoms. The predicted octanol–water partition coefficient (Wildman–Crippen LogP) is 7.46. The molecule has 224 valence electrons. The van der Waals surface area contributed by atoms with Gasteiger partial charge in [-0.1, -0.05) is 64.9 Å². The van der Waals surface area contributed by atoms with Gasteiger partial charge in [-0.3, -0.25) is 4.79 Å². The van der Waals surface area contributed by atoms with Crippen molar-refractivity contribution in [1.29, 1.82) is 0 Å². The number of allylic oxidation sites excluding steroid dienone is 1. The van der Waals surface area contributed by atoms with Gasteiger partial charge >= 0.3 is 0 Å². The topological polar surface area (TPSA) is 99.5 Å². The Morgan fingerprint density at radius 2 is 1.88 bits per heavy atom. The number of fused-ring (bicyclic) bond motifs is 1. The fourth-order valence-electron chi connectivity index (χ4n) is 4.79. The summed E-state index contributed by atoms with van der Waals surface area (Å²) in [5.41, 5.74) is 3.59. The molecule has 0 radical (unpaired) electrons. The van der Waals surface area contributed by atoms with Crippen LogP contribution >= 0.6 is 27.7 Å². The molecule has 0 saturated carbocycles.